The van der Waals surface area contributed by atoms with E-state index < -0.39 is 17.7 Å². The Hall–Kier alpha value is -3.38. The second-order valence-corrected chi connectivity index (χ2v) is 6.82. The molecule has 0 amide bonds. The van der Waals surface area contributed by atoms with Crippen LogP contribution < -0.4 is 0 Å². The second kappa shape index (κ2) is 8.32. The van der Waals surface area contributed by atoms with Gasteiger partial charge in [-0.15, -0.1) is 0 Å². The molecular weight excluding hydrogens is 372 g/mol. The fourth-order valence-electron chi connectivity index (χ4n) is 3.53. The van der Waals surface area contributed by atoms with Crippen molar-refractivity contribution in [3.63, 3.8) is 0 Å². The van der Waals surface area contributed by atoms with Crippen LogP contribution in [-0.4, -0.2) is 20.3 Å². The number of hydrogen-bond donors (Lipinski definition) is 2. The van der Waals surface area contributed by atoms with Gasteiger partial charge in [0.05, 0.1) is 18.0 Å². The molecule has 0 saturated heterocycles. The summed E-state index contributed by atoms with van der Waals surface area (Å²) in [5, 5.41) is 18.0. The third kappa shape index (κ3) is 4.07. The lowest BCUT2D eigenvalue weighted by atomic mass is 9.85. The number of pyridine rings is 1. The molecule has 0 spiro atoms. The van der Waals surface area contributed by atoms with E-state index in [2.05, 4.69) is 15.2 Å². The van der Waals surface area contributed by atoms with Gasteiger partial charge in [-0.2, -0.15) is 5.10 Å². The van der Waals surface area contributed by atoms with E-state index in [0.717, 1.165) is 22.8 Å². The minimum atomic E-state index is -0.906. The largest absolute Gasteiger partial charge is 0.387 e. The van der Waals surface area contributed by atoms with Gasteiger partial charge in [0.1, 0.15) is 0 Å². The van der Waals surface area contributed by atoms with Gasteiger partial charge in [0.15, 0.2) is 11.6 Å². The second-order valence-electron chi connectivity index (χ2n) is 6.82. The predicted molar refractivity (Wildman–Crippen MR) is 106 cm³/mol. The van der Waals surface area contributed by atoms with Crippen molar-refractivity contribution in [2.24, 2.45) is 0 Å². The molecule has 0 saturated carbocycles. The van der Waals surface area contributed by atoms with Gasteiger partial charge >= 0.3 is 0 Å². The van der Waals surface area contributed by atoms with E-state index in [1.807, 2.05) is 42.5 Å². The van der Waals surface area contributed by atoms with Crippen LogP contribution >= 0.6 is 0 Å². The lowest BCUT2D eigenvalue weighted by Gasteiger charge is -2.22. The Morgan fingerprint density at radius 1 is 0.897 bits per heavy atom. The maximum atomic E-state index is 13.9. The van der Waals surface area contributed by atoms with Crippen LogP contribution in [0, 0.1) is 11.6 Å². The van der Waals surface area contributed by atoms with Crippen LogP contribution in [0.3, 0.4) is 0 Å². The SMILES string of the molecule is OC(CC(c1ccccc1)c1ccc(F)c(F)c1)c1[nH]ncc1-c1ccncc1. The topological polar surface area (TPSA) is 61.8 Å². The van der Waals surface area contributed by atoms with Crippen LogP contribution in [0.1, 0.15) is 35.3 Å². The summed E-state index contributed by atoms with van der Waals surface area (Å²) in [5.41, 5.74) is 3.73. The van der Waals surface area contributed by atoms with Crippen molar-refractivity contribution in [2.45, 2.75) is 18.4 Å². The van der Waals surface area contributed by atoms with Gasteiger partial charge in [-0.25, -0.2) is 8.78 Å². The molecular formula is C23H19F2N3O. The molecule has 0 aliphatic carbocycles. The fraction of sp³-hybridized carbons (Fsp3) is 0.130. The van der Waals surface area contributed by atoms with E-state index in [-0.39, 0.29) is 12.3 Å². The van der Waals surface area contributed by atoms with Crippen LogP contribution in [0.5, 0.6) is 0 Å². The third-order valence-corrected chi connectivity index (χ3v) is 5.00. The minimum Gasteiger partial charge on any atom is -0.387 e. The number of aromatic nitrogens is 3. The Kier molecular flexibility index (Phi) is 5.44. The smallest absolute Gasteiger partial charge is 0.159 e. The number of aromatic amines is 1. The molecule has 4 nitrogen and oxygen atoms in total. The zero-order valence-electron chi connectivity index (χ0n) is 15.5. The van der Waals surface area contributed by atoms with Crippen LogP contribution in [0.25, 0.3) is 11.1 Å². The molecule has 4 rings (SSSR count). The molecule has 0 bridgehead atoms. The highest BCUT2D eigenvalue weighted by molar-refractivity contribution is 5.65. The van der Waals surface area contributed by atoms with E-state index in [1.54, 1.807) is 24.7 Å². The number of aliphatic hydroxyl groups is 1. The predicted octanol–water partition coefficient (Wildman–Crippen LogP) is 5.01. The normalized spacial score (nSPS) is 13.2. The molecule has 2 aromatic heterocycles. The van der Waals surface area contributed by atoms with Crippen LogP contribution in [0.15, 0.2) is 79.3 Å². The zero-order chi connectivity index (χ0) is 20.2. The average molecular weight is 391 g/mol. The molecule has 146 valence electrons. The molecule has 2 unspecified atom stereocenters. The molecule has 0 aliphatic rings. The summed E-state index contributed by atoms with van der Waals surface area (Å²) in [5.74, 6) is -2.12. The first-order valence-electron chi connectivity index (χ1n) is 9.25. The molecule has 6 heteroatoms. The van der Waals surface area contributed by atoms with Crippen molar-refractivity contribution in [1.82, 2.24) is 15.2 Å². The quantitative estimate of drug-likeness (QED) is 0.486. The molecule has 29 heavy (non-hydrogen) atoms. The van der Waals surface area contributed by atoms with Crippen molar-refractivity contribution in [3.8, 4) is 11.1 Å². The summed E-state index contributed by atoms with van der Waals surface area (Å²) in [7, 11) is 0. The third-order valence-electron chi connectivity index (χ3n) is 5.00. The van der Waals surface area contributed by atoms with E-state index in [1.165, 1.54) is 6.07 Å². The Balaban J connectivity index is 1.69. The molecule has 0 aliphatic heterocycles. The van der Waals surface area contributed by atoms with Crippen molar-refractivity contribution >= 4 is 0 Å². The van der Waals surface area contributed by atoms with Crippen molar-refractivity contribution < 1.29 is 13.9 Å². The Morgan fingerprint density at radius 2 is 1.66 bits per heavy atom. The molecule has 2 heterocycles. The summed E-state index contributed by atoms with van der Waals surface area (Å²) in [6.07, 6.45) is 4.39. The summed E-state index contributed by atoms with van der Waals surface area (Å²) >= 11 is 0. The van der Waals surface area contributed by atoms with Gasteiger partial charge in [-0.1, -0.05) is 36.4 Å². The van der Waals surface area contributed by atoms with Crippen LogP contribution in [-0.2, 0) is 0 Å². The number of benzene rings is 2. The Labute approximate surface area is 166 Å². The standard InChI is InChI=1S/C23H19F2N3O/c24-20-7-6-17(12-21(20)25)18(15-4-2-1-3-5-15)13-22(29)23-19(14-27-28-23)16-8-10-26-11-9-16/h1-12,14,18,22,29H,13H2,(H,27,28). The molecule has 2 aromatic carbocycles. The molecule has 0 radical (unpaired) electrons. The van der Waals surface area contributed by atoms with Crippen molar-refractivity contribution in [2.75, 3.05) is 0 Å². The first kappa shape index (κ1) is 19.0. The van der Waals surface area contributed by atoms with Gasteiger partial charge in [-0.3, -0.25) is 10.1 Å². The van der Waals surface area contributed by atoms with E-state index in [4.69, 9.17) is 0 Å². The van der Waals surface area contributed by atoms with Gasteiger partial charge in [0.25, 0.3) is 0 Å². The molecule has 4 aromatic rings. The Morgan fingerprint density at radius 3 is 2.38 bits per heavy atom. The first-order valence-corrected chi connectivity index (χ1v) is 9.25. The maximum Gasteiger partial charge on any atom is 0.159 e. The zero-order valence-corrected chi connectivity index (χ0v) is 15.5. The minimum absolute atomic E-state index is 0.273. The van der Waals surface area contributed by atoms with E-state index >= 15 is 0 Å². The van der Waals surface area contributed by atoms with Crippen molar-refractivity contribution in [1.29, 1.82) is 0 Å². The first-order chi connectivity index (χ1) is 14.1. The number of aliphatic hydroxyl groups excluding tert-OH is 1. The number of rotatable bonds is 6. The number of nitrogens with zero attached hydrogens (tertiary/aromatic N) is 2. The summed E-state index contributed by atoms with van der Waals surface area (Å²) in [6, 6.07) is 17.0. The molecule has 2 atom stereocenters. The van der Waals surface area contributed by atoms with Gasteiger partial charge in [-0.05, 0) is 47.4 Å². The van der Waals surface area contributed by atoms with Gasteiger partial charge in [0, 0.05) is 23.9 Å². The highest BCUT2D eigenvalue weighted by Gasteiger charge is 2.24. The van der Waals surface area contributed by atoms with Crippen LogP contribution in [0.4, 0.5) is 8.78 Å². The maximum absolute atomic E-state index is 13.9. The summed E-state index contributed by atoms with van der Waals surface area (Å²) in [4.78, 5) is 4.01. The van der Waals surface area contributed by atoms with Crippen molar-refractivity contribution in [3.05, 3.63) is 108 Å². The monoisotopic (exact) mass is 391 g/mol. The average Bonchev–Trinajstić information content (AvgIpc) is 3.25. The lowest BCUT2D eigenvalue weighted by molar-refractivity contribution is 0.157. The molecule has 0 fully saturated rings. The highest BCUT2D eigenvalue weighted by atomic mass is 19.2. The molecule has 2 N–H and O–H groups in total. The van der Waals surface area contributed by atoms with Gasteiger partial charge < -0.3 is 5.11 Å². The fourth-order valence-corrected chi connectivity index (χ4v) is 3.53. The highest BCUT2D eigenvalue weighted by Crippen LogP contribution is 2.36. The Bertz CT molecular complexity index is 1080. The summed E-state index contributed by atoms with van der Waals surface area (Å²) < 4.78 is 27.3. The number of hydrogen-bond acceptors (Lipinski definition) is 3. The van der Waals surface area contributed by atoms with Crippen LogP contribution in [0.2, 0.25) is 0 Å². The number of H-pyrrole nitrogens is 1. The number of nitrogens with one attached hydrogen (secondary N) is 1. The lowest BCUT2D eigenvalue weighted by Crippen LogP contribution is -2.10. The summed E-state index contributed by atoms with van der Waals surface area (Å²) in [6.45, 7) is 0. The van der Waals surface area contributed by atoms with Gasteiger partial charge in [0.2, 0.25) is 0 Å². The van der Waals surface area contributed by atoms with E-state index in [0.29, 0.717) is 11.3 Å². The number of halogens is 2. The van der Waals surface area contributed by atoms with E-state index in [9.17, 15) is 13.9 Å².